The fourth-order valence-electron chi connectivity index (χ4n) is 6.00. The molecule has 0 aromatic heterocycles. The first kappa shape index (κ1) is 28.1. The van der Waals surface area contributed by atoms with Gasteiger partial charge >= 0.3 is 7.12 Å². The number of nitrogens with zero attached hydrogens (tertiary/aromatic N) is 1. The van der Waals surface area contributed by atoms with Crippen LogP contribution in [-0.4, -0.2) is 24.5 Å². The Morgan fingerprint density at radius 2 is 1.38 bits per heavy atom. The lowest BCUT2D eigenvalue weighted by atomic mass is 9.74. The molecule has 0 N–H and O–H groups in total. The predicted octanol–water partition coefficient (Wildman–Crippen LogP) is 9.47. The van der Waals surface area contributed by atoms with Crippen LogP contribution in [0, 0.1) is 0 Å². The zero-order chi connectivity index (χ0) is 29.5. The van der Waals surface area contributed by atoms with E-state index < -0.39 is 18.3 Å². The van der Waals surface area contributed by atoms with Crippen LogP contribution in [0.3, 0.4) is 0 Å². The Bertz CT molecular complexity index is 1820. The minimum Gasteiger partial charge on any atom is -0.399 e. The maximum Gasteiger partial charge on any atom is 0.495 e. The first-order valence-electron chi connectivity index (χ1n) is 14.9. The highest BCUT2D eigenvalue weighted by atomic mass is 16.7. The average Bonchev–Trinajstić information content (AvgIpc) is 3.22. The van der Waals surface area contributed by atoms with E-state index in [1.807, 2.05) is 0 Å². The summed E-state index contributed by atoms with van der Waals surface area (Å²) in [5.41, 5.74) is 7.23. The van der Waals surface area contributed by atoms with Crippen LogP contribution >= 0.6 is 0 Å². The van der Waals surface area contributed by atoms with Crippen molar-refractivity contribution in [1.29, 1.82) is 0 Å². The van der Waals surface area contributed by atoms with Gasteiger partial charge in [-0.05, 0) is 95.7 Å². The van der Waals surface area contributed by atoms with Gasteiger partial charge in [0.05, 0.1) is 16.9 Å². The second kappa shape index (κ2) is 11.0. The summed E-state index contributed by atoms with van der Waals surface area (Å²) < 4.78 is 12.9. The van der Waals surface area contributed by atoms with Crippen LogP contribution in [-0.2, 0) is 15.7 Å². The largest absolute Gasteiger partial charge is 0.495 e. The summed E-state index contributed by atoms with van der Waals surface area (Å²) in [5.74, 6) is 0. The van der Waals surface area contributed by atoms with Gasteiger partial charge in [-0.3, -0.25) is 4.99 Å². The number of aliphatic imine (C=N–C) groups is 1. The summed E-state index contributed by atoms with van der Waals surface area (Å²) in [7, 11) is -0.420. The van der Waals surface area contributed by atoms with E-state index in [9.17, 15) is 0 Å². The molecule has 1 saturated heterocycles. The number of aryl methyl sites for hydroxylation is 1. The van der Waals surface area contributed by atoms with Gasteiger partial charge in [-0.2, -0.15) is 0 Å². The average molecular weight is 552 g/mol. The van der Waals surface area contributed by atoms with Crippen molar-refractivity contribution in [3.63, 3.8) is 0 Å². The van der Waals surface area contributed by atoms with Crippen LogP contribution < -0.4 is 5.46 Å². The molecule has 3 nitrogen and oxygen atoms in total. The second-order valence-corrected chi connectivity index (χ2v) is 12.2. The molecule has 210 valence electrons. The van der Waals surface area contributed by atoms with Crippen molar-refractivity contribution in [2.45, 2.75) is 58.7 Å². The molecule has 0 amide bonds. The van der Waals surface area contributed by atoms with Crippen molar-refractivity contribution in [1.82, 2.24) is 0 Å². The van der Waals surface area contributed by atoms with Gasteiger partial charge in [0.25, 0.3) is 0 Å². The number of benzene rings is 5. The Morgan fingerprint density at radius 1 is 0.714 bits per heavy atom. The first-order chi connectivity index (χ1) is 20.2. The molecule has 6 rings (SSSR count). The van der Waals surface area contributed by atoms with Crippen molar-refractivity contribution in [3.05, 3.63) is 109 Å². The highest BCUT2D eigenvalue weighted by Crippen LogP contribution is 2.41. The van der Waals surface area contributed by atoms with E-state index in [2.05, 4.69) is 132 Å². The van der Waals surface area contributed by atoms with E-state index in [-0.39, 0.29) is 0 Å². The zero-order valence-electron chi connectivity index (χ0n) is 25.3. The lowest BCUT2D eigenvalue weighted by Crippen LogP contribution is -2.41. The van der Waals surface area contributed by atoms with E-state index >= 15 is 0 Å². The monoisotopic (exact) mass is 551 g/mol. The normalized spacial score (nSPS) is 16.1. The Morgan fingerprint density at radius 3 is 2.12 bits per heavy atom. The van der Waals surface area contributed by atoms with Crippen molar-refractivity contribution in [2.75, 3.05) is 0 Å². The van der Waals surface area contributed by atoms with E-state index in [0.717, 1.165) is 35.1 Å². The Hall–Kier alpha value is -3.99. The molecule has 0 radical (unpaired) electrons. The van der Waals surface area contributed by atoms with Crippen LogP contribution in [0.1, 0.15) is 46.6 Å². The molecule has 0 unspecified atom stereocenters. The summed E-state index contributed by atoms with van der Waals surface area (Å²) in [6.45, 7) is 14.5. The van der Waals surface area contributed by atoms with Gasteiger partial charge < -0.3 is 9.31 Å². The van der Waals surface area contributed by atoms with Crippen LogP contribution in [0.25, 0.3) is 43.8 Å². The zero-order valence-corrected chi connectivity index (χ0v) is 25.3. The van der Waals surface area contributed by atoms with E-state index in [1.165, 1.54) is 38.2 Å². The van der Waals surface area contributed by atoms with Gasteiger partial charge in [0.15, 0.2) is 0 Å². The maximum absolute atomic E-state index is 6.44. The fourth-order valence-corrected chi connectivity index (χ4v) is 6.00. The van der Waals surface area contributed by atoms with Crippen LogP contribution in [0.4, 0.5) is 5.69 Å². The fraction of sp³-hybridized carbons (Fsp3) is 0.237. The van der Waals surface area contributed by atoms with E-state index in [0.29, 0.717) is 0 Å². The summed E-state index contributed by atoms with van der Waals surface area (Å²) in [5, 5.41) is 4.91. The summed E-state index contributed by atoms with van der Waals surface area (Å²) in [6.07, 6.45) is 5.56. The molecule has 0 bridgehead atoms. The number of allylic oxidation sites excluding steroid dienone is 1. The lowest BCUT2D eigenvalue weighted by Gasteiger charge is -2.32. The Balaban J connectivity index is 1.47. The van der Waals surface area contributed by atoms with Gasteiger partial charge in [-0.1, -0.05) is 105 Å². The van der Waals surface area contributed by atoms with Crippen LogP contribution in [0.15, 0.2) is 109 Å². The molecule has 0 aliphatic carbocycles. The molecular weight excluding hydrogens is 513 g/mol. The predicted molar refractivity (Wildman–Crippen MR) is 180 cm³/mol. The van der Waals surface area contributed by atoms with Crippen LogP contribution in [0.5, 0.6) is 0 Å². The third-order valence-electron chi connectivity index (χ3n) is 8.89. The minimum absolute atomic E-state index is 0.395. The molecule has 5 aromatic carbocycles. The molecule has 0 atom stereocenters. The van der Waals surface area contributed by atoms with Gasteiger partial charge in [0.2, 0.25) is 0 Å². The molecule has 0 saturated carbocycles. The molecule has 0 spiro atoms. The quantitative estimate of drug-likeness (QED) is 0.115. The van der Waals surface area contributed by atoms with E-state index in [1.54, 1.807) is 12.3 Å². The standard InChI is InChI=1S/C38H38BNO2/c1-7-14-32-31-22-21-27(25-34(31)30-18-9-10-19-33(30)36(32)40-23-8-2)26-15-13-16-28(24-26)29-17-11-12-20-35(29)39-41-37(3,4)38(5,6)42-39/h8-13,15-25H,2,7,14H2,1,3-6H3. The highest BCUT2D eigenvalue weighted by molar-refractivity contribution is 6.63. The summed E-state index contributed by atoms with van der Waals surface area (Å²) in [6, 6.07) is 32.7. The van der Waals surface area contributed by atoms with Crippen molar-refractivity contribution < 1.29 is 9.31 Å². The van der Waals surface area contributed by atoms with Gasteiger partial charge in [0.1, 0.15) is 0 Å². The van der Waals surface area contributed by atoms with Gasteiger partial charge in [-0.25, -0.2) is 0 Å². The number of rotatable bonds is 7. The molecular formula is C38H38BNO2. The highest BCUT2D eigenvalue weighted by Gasteiger charge is 2.52. The van der Waals surface area contributed by atoms with Crippen molar-refractivity contribution in [2.24, 2.45) is 4.99 Å². The van der Waals surface area contributed by atoms with Crippen LogP contribution in [0.2, 0.25) is 0 Å². The smallest absolute Gasteiger partial charge is 0.399 e. The van der Waals surface area contributed by atoms with Gasteiger partial charge in [0, 0.05) is 11.6 Å². The first-order valence-corrected chi connectivity index (χ1v) is 14.9. The molecule has 1 fully saturated rings. The summed E-state index contributed by atoms with van der Waals surface area (Å²) in [4.78, 5) is 4.84. The lowest BCUT2D eigenvalue weighted by molar-refractivity contribution is 0.00578. The number of hydrogen-bond donors (Lipinski definition) is 0. The van der Waals surface area contributed by atoms with Crippen molar-refractivity contribution >= 4 is 46.0 Å². The molecule has 5 aromatic rings. The number of hydrogen-bond acceptors (Lipinski definition) is 3. The number of fused-ring (bicyclic) bond motifs is 3. The Labute approximate surface area is 250 Å². The molecule has 1 aliphatic heterocycles. The van der Waals surface area contributed by atoms with Crippen molar-refractivity contribution in [3.8, 4) is 22.3 Å². The second-order valence-electron chi connectivity index (χ2n) is 12.2. The van der Waals surface area contributed by atoms with Gasteiger partial charge in [-0.15, -0.1) is 0 Å². The summed E-state index contributed by atoms with van der Waals surface area (Å²) >= 11 is 0. The molecule has 4 heteroatoms. The topological polar surface area (TPSA) is 30.8 Å². The third kappa shape index (κ3) is 4.89. The minimum atomic E-state index is -0.420. The maximum atomic E-state index is 6.44. The SMILES string of the molecule is C=CC=Nc1c(CCC)c2ccc(-c3cccc(-c4ccccc4B4OC(C)(C)C(C)(C)O4)c3)cc2c2ccccc12. The molecule has 1 aliphatic rings. The molecule has 42 heavy (non-hydrogen) atoms. The molecule has 1 heterocycles. The third-order valence-corrected chi connectivity index (χ3v) is 8.89. The van der Waals surface area contributed by atoms with E-state index in [4.69, 9.17) is 14.3 Å². The Kier molecular flexibility index (Phi) is 7.38.